The number of hydrogen-bond acceptors (Lipinski definition) is 5. The standard InChI is InChI=1S/C14H23N3O4/c1-16(9-13(15)18)7-12-8-17(4-6-21-12)14(19)11-3-2-5-20-10-11/h10,12H,2-9H2,1H3,(H2,15,18)/t12-/m0/s1. The maximum atomic E-state index is 12.4. The summed E-state index contributed by atoms with van der Waals surface area (Å²) in [6.07, 6.45) is 3.13. The SMILES string of the molecule is CN(CC(N)=O)C[C@H]1CN(C(=O)C2=COCCC2)CCO1. The summed E-state index contributed by atoms with van der Waals surface area (Å²) in [7, 11) is 1.81. The average Bonchev–Trinajstić information content (AvgIpc) is 2.46. The number of rotatable bonds is 5. The second kappa shape index (κ2) is 7.42. The topological polar surface area (TPSA) is 85.1 Å². The Hall–Kier alpha value is -1.60. The van der Waals surface area contributed by atoms with Gasteiger partial charge in [-0.3, -0.25) is 14.5 Å². The number of nitrogens with two attached hydrogens (primary N) is 1. The molecule has 2 rings (SSSR count). The molecule has 21 heavy (non-hydrogen) atoms. The van der Waals surface area contributed by atoms with Crippen molar-refractivity contribution >= 4 is 11.8 Å². The van der Waals surface area contributed by atoms with Gasteiger partial charge in [0.2, 0.25) is 5.91 Å². The van der Waals surface area contributed by atoms with Crippen LogP contribution in [0.15, 0.2) is 11.8 Å². The Balaban J connectivity index is 1.86. The Labute approximate surface area is 124 Å². The van der Waals surface area contributed by atoms with Crippen molar-refractivity contribution in [1.82, 2.24) is 9.80 Å². The van der Waals surface area contributed by atoms with Crippen molar-refractivity contribution in [1.29, 1.82) is 0 Å². The summed E-state index contributed by atoms with van der Waals surface area (Å²) in [6, 6.07) is 0. The van der Waals surface area contributed by atoms with E-state index in [4.69, 9.17) is 15.2 Å². The molecule has 0 aromatic heterocycles. The van der Waals surface area contributed by atoms with Crippen LogP contribution in [0.5, 0.6) is 0 Å². The Morgan fingerprint density at radius 3 is 2.95 bits per heavy atom. The Morgan fingerprint density at radius 2 is 2.29 bits per heavy atom. The molecule has 0 unspecified atom stereocenters. The van der Waals surface area contributed by atoms with Gasteiger partial charge in [0.1, 0.15) is 0 Å². The van der Waals surface area contributed by atoms with Crippen molar-refractivity contribution in [3.63, 3.8) is 0 Å². The number of ether oxygens (including phenoxy) is 2. The highest BCUT2D eigenvalue weighted by atomic mass is 16.5. The molecule has 2 heterocycles. The summed E-state index contributed by atoms with van der Waals surface area (Å²) in [6.45, 7) is 3.07. The van der Waals surface area contributed by atoms with Crippen molar-refractivity contribution in [2.45, 2.75) is 18.9 Å². The van der Waals surface area contributed by atoms with Crippen molar-refractivity contribution in [2.24, 2.45) is 5.73 Å². The van der Waals surface area contributed by atoms with Crippen LogP contribution in [-0.2, 0) is 19.1 Å². The number of hydrogen-bond donors (Lipinski definition) is 1. The van der Waals surface area contributed by atoms with Gasteiger partial charge in [-0.25, -0.2) is 0 Å². The van der Waals surface area contributed by atoms with E-state index >= 15 is 0 Å². The van der Waals surface area contributed by atoms with E-state index in [0.717, 1.165) is 18.4 Å². The molecule has 0 aliphatic carbocycles. The molecule has 1 fully saturated rings. The minimum Gasteiger partial charge on any atom is -0.501 e. The largest absolute Gasteiger partial charge is 0.501 e. The molecule has 1 atom stereocenters. The molecule has 118 valence electrons. The van der Waals surface area contributed by atoms with Gasteiger partial charge in [-0.2, -0.15) is 0 Å². The number of primary amides is 1. The Bertz CT molecular complexity index is 424. The fraction of sp³-hybridized carbons (Fsp3) is 0.714. The minimum atomic E-state index is -0.370. The van der Waals surface area contributed by atoms with Crippen LogP contribution >= 0.6 is 0 Å². The van der Waals surface area contributed by atoms with Crippen molar-refractivity contribution in [3.05, 3.63) is 11.8 Å². The Kier molecular flexibility index (Phi) is 5.58. The second-order valence-electron chi connectivity index (χ2n) is 5.52. The molecule has 0 aromatic carbocycles. The number of likely N-dealkylation sites (N-methyl/N-ethyl adjacent to an activating group) is 1. The molecule has 0 spiro atoms. The molecule has 0 bridgehead atoms. The van der Waals surface area contributed by atoms with E-state index in [1.165, 1.54) is 0 Å². The van der Waals surface area contributed by atoms with E-state index in [0.29, 0.717) is 32.8 Å². The van der Waals surface area contributed by atoms with Crippen molar-refractivity contribution < 1.29 is 19.1 Å². The van der Waals surface area contributed by atoms with Gasteiger partial charge < -0.3 is 20.1 Å². The molecule has 7 nitrogen and oxygen atoms in total. The third-order valence-electron chi connectivity index (χ3n) is 3.58. The smallest absolute Gasteiger partial charge is 0.253 e. The van der Waals surface area contributed by atoms with Crippen LogP contribution in [-0.4, -0.2) is 74.2 Å². The summed E-state index contributed by atoms with van der Waals surface area (Å²) >= 11 is 0. The van der Waals surface area contributed by atoms with Crippen molar-refractivity contribution in [3.8, 4) is 0 Å². The van der Waals surface area contributed by atoms with Crippen LogP contribution in [0.4, 0.5) is 0 Å². The zero-order chi connectivity index (χ0) is 15.2. The average molecular weight is 297 g/mol. The first-order chi connectivity index (χ1) is 10.1. The number of amides is 2. The van der Waals surface area contributed by atoms with Gasteiger partial charge >= 0.3 is 0 Å². The van der Waals surface area contributed by atoms with E-state index in [-0.39, 0.29) is 24.5 Å². The maximum Gasteiger partial charge on any atom is 0.253 e. The van der Waals surface area contributed by atoms with Crippen LogP contribution in [0.2, 0.25) is 0 Å². The number of carbonyl (C=O) groups excluding carboxylic acids is 2. The zero-order valence-electron chi connectivity index (χ0n) is 12.4. The highest BCUT2D eigenvalue weighted by Crippen LogP contribution is 2.17. The van der Waals surface area contributed by atoms with Gasteiger partial charge in [-0.15, -0.1) is 0 Å². The van der Waals surface area contributed by atoms with Gasteiger partial charge in [0.15, 0.2) is 0 Å². The molecule has 2 aliphatic rings. The third kappa shape index (κ3) is 4.71. The normalized spacial score (nSPS) is 22.7. The van der Waals surface area contributed by atoms with Gasteiger partial charge in [0.05, 0.1) is 37.7 Å². The maximum absolute atomic E-state index is 12.4. The highest BCUT2D eigenvalue weighted by molar-refractivity contribution is 5.93. The van der Waals surface area contributed by atoms with Gasteiger partial charge in [0.25, 0.3) is 5.91 Å². The fourth-order valence-corrected chi connectivity index (χ4v) is 2.62. The second-order valence-corrected chi connectivity index (χ2v) is 5.52. The zero-order valence-corrected chi connectivity index (χ0v) is 12.4. The van der Waals surface area contributed by atoms with E-state index in [2.05, 4.69) is 0 Å². The van der Waals surface area contributed by atoms with Crippen LogP contribution in [0.1, 0.15) is 12.8 Å². The lowest BCUT2D eigenvalue weighted by molar-refractivity contribution is -0.136. The van der Waals surface area contributed by atoms with Crippen LogP contribution in [0.25, 0.3) is 0 Å². The summed E-state index contributed by atoms with van der Waals surface area (Å²) < 4.78 is 10.9. The van der Waals surface area contributed by atoms with Crippen LogP contribution < -0.4 is 5.73 Å². The molecule has 0 radical (unpaired) electrons. The fourth-order valence-electron chi connectivity index (χ4n) is 2.62. The lowest BCUT2D eigenvalue weighted by Crippen LogP contribution is -2.50. The molecule has 7 heteroatoms. The quantitative estimate of drug-likeness (QED) is 0.727. The summed E-state index contributed by atoms with van der Waals surface area (Å²) in [4.78, 5) is 26.9. The first kappa shape index (κ1) is 15.8. The van der Waals surface area contributed by atoms with E-state index in [1.54, 1.807) is 11.2 Å². The van der Waals surface area contributed by atoms with E-state index in [1.807, 2.05) is 11.9 Å². The molecular formula is C14H23N3O4. The van der Waals surface area contributed by atoms with Gasteiger partial charge in [-0.05, 0) is 19.9 Å². The summed E-state index contributed by atoms with van der Waals surface area (Å²) in [5.41, 5.74) is 5.89. The number of nitrogens with zero attached hydrogens (tertiary/aromatic N) is 2. The van der Waals surface area contributed by atoms with E-state index in [9.17, 15) is 9.59 Å². The molecule has 0 saturated carbocycles. The molecular weight excluding hydrogens is 274 g/mol. The Morgan fingerprint density at radius 1 is 1.48 bits per heavy atom. The lowest BCUT2D eigenvalue weighted by atomic mass is 10.1. The number of morpholine rings is 1. The molecule has 1 saturated heterocycles. The molecule has 2 N–H and O–H groups in total. The highest BCUT2D eigenvalue weighted by Gasteiger charge is 2.27. The predicted molar refractivity (Wildman–Crippen MR) is 76.3 cm³/mol. The first-order valence-electron chi connectivity index (χ1n) is 7.24. The van der Waals surface area contributed by atoms with Crippen LogP contribution in [0, 0.1) is 0 Å². The summed E-state index contributed by atoms with van der Waals surface area (Å²) in [5.74, 6) is -0.341. The molecule has 2 aliphatic heterocycles. The monoisotopic (exact) mass is 297 g/mol. The van der Waals surface area contributed by atoms with Crippen LogP contribution in [0.3, 0.4) is 0 Å². The third-order valence-corrected chi connectivity index (χ3v) is 3.58. The first-order valence-corrected chi connectivity index (χ1v) is 7.24. The minimum absolute atomic E-state index is 0.0283. The molecule has 0 aromatic rings. The van der Waals surface area contributed by atoms with Gasteiger partial charge in [-0.1, -0.05) is 0 Å². The predicted octanol–water partition coefficient (Wildman–Crippen LogP) is -0.675. The number of carbonyl (C=O) groups is 2. The lowest BCUT2D eigenvalue weighted by Gasteiger charge is -2.35. The van der Waals surface area contributed by atoms with Crippen molar-refractivity contribution in [2.75, 3.05) is 46.4 Å². The van der Waals surface area contributed by atoms with Gasteiger partial charge in [0, 0.05) is 19.6 Å². The summed E-state index contributed by atoms with van der Waals surface area (Å²) in [5, 5.41) is 0. The molecule has 2 amide bonds. The van der Waals surface area contributed by atoms with E-state index < -0.39 is 0 Å².